The average Bonchev–Trinajstić information content (AvgIpc) is 2.54. The number of carbonyl (C=O) groups excluding carboxylic acids is 1. The van der Waals surface area contributed by atoms with Gasteiger partial charge in [-0.15, -0.1) is 11.3 Å². The van der Waals surface area contributed by atoms with Gasteiger partial charge in [0.15, 0.2) is 0 Å². The van der Waals surface area contributed by atoms with Crippen molar-refractivity contribution in [3.05, 3.63) is 46.1 Å². The zero-order valence-corrected chi connectivity index (χ0v) is 9.97. The highest BCUT2D eigenvalue weighted by molar-refractivity contribution is 7.16. The number of anilines is 1. The molecule has 0 fully saturated rings. The Morgan fingerprint density at radius 3 is 2.62 bits per heavy atom. The maximum atomic E-state index is 12.2. The molecule has 2 aromatic rings. The monoisotopic (exact) mass is 232 g/mol. The number of nitrogens with two attached hydrogens (primary N) is 1. The summed E-state index contributed by atoms with van der Waals surface area (Å²) in [4.78, 5) is 17.3. The minimum atomic E-state index is -0.0973. The number of hydrogen-bond donors (Lipinski definition) is 1. The molecule has 2 aromatic heterocycles. The Balaban J connectivity index is 2.50. The van der Waals surface area contributed by atoms with Gasteiger partial charge in [-0.05, 0) is 31.5 Å². The van der Waals surface area contributed by atoms with Gasteiger partial charge in [0.2, 0.25) is 5.78 Å². The summed E-state index contributed by atoms with van der Waals surface area (Å²) in [6.45, 7) is 3.88. The standard InChI is InChI=1S/C12H12N2OS/c1-7-8(2)16-12(13)10(7)11(15)9-5-3-4-6-14-9/h3-6H,13H2,1-2H3. The van der Waals surface area contributed by atoms with E-state index in [1.807, 2.05) is 13.8 Å². The molecule has 4 heteroatoms. The quantitative estimate of drug-likeness (QED) is 0.810. The van der Waals surface area contributed by atoms with Crippen molar-refractivity contribution in [3.8, 4) is 0 Å². The number of nitrogen functional groups attached to an aromatic ring is 1. The third kappa shape index (κ3) is 1.72. The van der Waals surface area contributed by atoms with E-state index in [0.717, 1.165) is 10.4 Å². The molecule has 16 heavy (non-hydrogen) atoms. The summed E-state index contributed by atoms with van der Waals surface area (Å²) in [6, 6.07) is 5.28. The Morgan fingerprint density at radius 1 is 1.38 bits per heavy atom. The number of rotatable bonds is 2. The second-order valence-corrected chi connectivity index (χ2v) is 4.82. The summed E-state index contributed by atoms with van der Waals surface area (Å²) in [5.41, 5.74) is 7.85. The first-order chi connectivity index (χ1) is 7.61. The zero-order chi connectivity index (χ0) is 11.7. The van der Waals surface area contributed by atoms with E-state index >= 15 is 0 Å². The van der Waals surface area contributed by atoms with Gasteiger partial charge >= 0.3 is 0 Å². The number of ketones is 1. The molecule has 0 bridgehead atoms. The summed E-state index contributed by atoms with van der Waals surface area (Å²) < 4.78 is 0. The zero-order valence-electron chi connectivity index (χ0n) is 9.15. The fraction of sp³-hybridized carbons (Fsp3) is 0.167. The first-order valence-electron chi connectivity index (χ1n) is 4.92. The normalized spacial score (nSPS) is 10.4. The molecule has 0 atom stereocenters. The molecular weight excluding hydrogens is 220 g/mol. The van der Waals surface area contributed by atoms with E-state index in [1.165, 1.54) is 11.3 Å². The van der Waals surface area contributed by atoms with Crippen LogP contribution in [0.25, 0.3) is 0 Å². The van der Waals surface area contributed by atoms with E-state index in [1.54, 1.807) is 24.4 Å². The molecule has 2 N–H and O–H groups in total. The molecule has 0 aliphatic heterocycles. The van der Waals surface area contributed by atoms with Crippen LogP contribution in [0.2, 0.25) is 0 Å². The number of hydrogen-bond acceptors (Lipinski definition) is 4. The lowest BCUT2D eigenvalue weighted by atomic mass is 10.1. The van der Waals surface area contributed by atoms with E-state index < -0.39 is 0 Å². The maximum Gasteiger partial charge on any atom is 0.214 e. The van der Waals surface area contributed by atoms with Crippen molar-refractivity contribution in [1.82, 2.24) is 4.98 Å². The molecule has 0 unspecified atom stereocenters. The first-order valence-corrected chi connectivity index (χ1v) is 5.74. The fourth-order valence-electron chi connectivity index (χ4n) is 1.56. The summed E-state index contributed by atoms with van der Waals surface area (Å²) in [7, 11) is 0. The Kier molecular flexibility index (Phi) is 2.75. The minimum absolute atomic E-state index is 0.0973. The van der Waals surface area contributed by atoms with Gasteiger partial charge in [-0.2, -0.15) is 0 Å². The van der Waals surface area contributed by atoms with Gasteiger partial charge in [0.25, 0.3) is 0 Å². The van der Waals surface area contributed by atoms with Crippen molar-refractivity contribution in [2.45, 2.75) is 13.8 Å². The predicted octanol–water partition coefficient (Wildman–Crippen LogP) is 2.57. The second kappa shape index (κ2) is 4.06. The number of thiophene rings is 1. The summed E-state index contributed by atoms with van der Waals surface area (Å²) >= 11 is 1.45. The van der Waals surface area contributed by atoms with Crippen LogP contribution >= 0.6 is 11.3 Å². The van der Waals surface area contributed by atoms with Gasteiger partial charge in [-0.3, -0.25) is 9.78 Å². The van der Waals surface area contributed by atoms with Crippen molar-refractivity contribution in [2.75, 3.05) is 5.73 Å². The van der Waals surface area contributed by atoms with E-state index in [4.69, 9.17) is 5.73 Å². The third-order valence-electron chi connectivity index (χ3n) is 2.54. The van der Waals surface area contributed by atoms with Gasteiger partial charge in [-0.1, -0.05) is 6.07 Å². The summed E-state index contributed by atoms with van der Waals surface area (Å²) in [5, 5.41) is 0.575. The second-order valence-electron chi connectivity index (χ2n) is 3.57. The predicted molar refractivity (Wildman–Crippen MR) is 65.9 cm³/mol. The number of aryl methyl sites for hydroxylation is 1. The summed E-state index contributed by atoms with van der Waals surface area (Å²) in [5.74, 6) is -0.0973. The van der Waals surface area contributed by atoms with Crippen LogP contribution in [0.3, 0.4) is 0 Å². The molecule has 0 radical (unpaired) electrons. The number of pyridine rings is 1. The van der Waals surface area contributed by atoms with Crippen LogP contribution < -0.4 is 5.73 Å². The molecule has 0 aromatic carbocycles. The highest BCUT2D eigenvalue weighted by Crippen LogP contribution is 2.30. The Hall–Kier alpha value is -1.68. The Morgan fingerprint density at radius 2 is 2.12 bits per heavy atom. The van der Waals surface area contributed by atoms with Crippen molar-refractivity contribution < 1.29 is 4.79 Å². The van der Waals surface area contributed by atoms with Crippen molar-refractivity contribution in [3.63, 3.8) is 0 Å². The summed E-state index contributed by atoms with van der Waals surface area (Å²) in [6.07, 6.45) is 1.61. The van der Waals surface area contributed by atoms with Crippen molar-refractivity contribution in [2.24, 2.45) is 0 Å². The first kappa shape index (κ1) is 10.8. The molecule has 2 rings (SSSR count). The Bertz CT molecular complexity index is 531. The molecule has 0 amide bonds. The number of carbonyl (C=O) groups is 1. The van der Waals surface area contributed by atoms with E-state index in [9.17, 15) is 4.79 Å². The lowest BCUT2D eigenvalue weighted by Gasteiger charge is -2.00. The molecule has 82 valence electrons. The molecule has 2 heterocycles. The molecule has 0 saturated carbocycles. The third-order valence-corrected chi connectivity index (χ3v) is 3.57. The number of nitrogens with zero attached hydrogens (tertiary/aromatic N) is 1. The SMILES string of the molecule is Cc1sc(N)c(C(=O)c2ccccn2)c1C. The topological polar surface area (TPSA) is 56.0 Å². The molecule has 0 aliphatic rings. The van der Waals surface area contributed by atoms with Crippen molar-refractivity contribution >= 4 is 22.1 Å². The highest BCUT2D eigenvalue weighted by Gasteiger charge is 2.19. The van der Waals surface area contributed by atoms with Gasteiger partial charge in [-0.25, -0.2) is 0 Å². The van der Waals surface area contributed by atoms with Gasteiger partial charge in [0, 0.05) is 11.1 Å². The maximum absolute atomic E-state index is 12.2. The van der Waals surface area contributed by atoms with E-state index in [-0.39, 0.29) is 5.78 Å². The molecule has 0 spiro atoms. The molecule has 3 nitrogen and oxygen atoms in total. The Labute approximate surface area is 97.9 Å². The molecule has 0 saturated heterocycles. The fourth-order valence-corrected chi connectivity index (χ4v) is 2.49. The average molecular weight is 232 g/mol. The number of aromatic nitrogens is 1. The van der Waals surface area contributed by atoms with E-state index in [0.29, 0.717) is 16.3 Å². The highest BCUT2D eigenvalue weighted by atomic mass is 32.1. The largest absolute Gasteiger partial charge is 0.390 e. The van der Waals surface area contributed by atoms with Gasteiger partial charge < -0.3 is 5.73 Å². The minimum Gasteiger partial charge on any atom is -0.390 e. The van der Waals surface area contributed by atoms with Crippen LogP contribution in [-0.2, 0) is 0 Å². The molecule has 0 aliphatic carbocycles. The van der Waals surface area contributed by atoms with Crippen molar-refractivity contribution in [1.29, 1.82) is 0 Å². The lowest BCUT2D eigenvalue weighted by Crippen LogP contribution is -2.06. The van der Waals surface area contributed by atoms with Crippen LogP contribution in [0.15, 0.2) is 24.4 Å². The van der Waals surface area contributed by atoms with Crippen LogP contribution in [-0.4, -0.2) is 10.8 Å². The van der Waals surface area contributed by atoms with Crippen LogP contribution in [0.4, 0.5) is 5.00 Å². The molecular formula is C12H12N2OS. The lowest BCUT2D eigenvalue weighted by molar-refractivity contribution is 0.103. The van der Waals surface area contributed by atoms with Crippen LogP contribution in [0.5, 0.6) is 0 Å². The van der Waals surface area contributed by atoms with Crippen LogP contribution in [0, 0.1) is 13.8 Å². The smallest absolute Gasteiger partial charge is 0.214 e. The van der Waals surface area contributed by atoms with E-state index in [2.05, 4.69) is 4.98 Å². The van der Waals surface area contributed by atoms with Crippen LogP contribution in [0.1, 0.15) is 26.5 Å². The van der Waals surface area contributed by atoms with Gasteiger partial charge in [0.1, 0.15) is 5.69 Å². The van der Waals surface area contributed by atoms with Gasteiger partial charge in [0.05, 0.1) is 10.6 Å².